The Hall–Kier alpha value is -3.84. The molecule has 0 bridgehead atoms. The summed E-state index contributed by atoms with van der Waals surface area (Å²) in [5.74, 6) is -0.215. The minimum Gasteiger partial charge on any atom is -0.467 e. The first-order valence-electron chi connectivity index (χ1n) is 10.8. The van der Waals surface area contributed by atoms with Gasteiger partial charge in [0.25, 0.3) is 5.91 Å². The van der Waals surface area contributed by atoms with Gasteiger partial charge in [0.2, 0.25) is 5.91 Å². The van der Waals surface area contributed by atoms with Crippen LogP contribution in [0.1, 0.15) is 50.7 Å². The number of nitrogens with zero attached hydrogens (tertiary/aromatic N) is 2. The monoisotopic (exact) mass is 480 g/mol. The third-order valence-electron chi connectivity index (χ3n) is 5.73. The molecular weight excluding hydrogens is 456 g/mol. The zero-order valence-electron chi connectivity index (χ0n) is 19.1. The average Bonchev–Trinajstić information content (AvgIpc) is 3.35. The van der Waals surface area contributed by atoms with Gasteiger partial charge in [0.15, 0.2) is 6.61 Å². The molecule has 3 aromatic heterocycles. The minimum absolute atomic E-state index is 0.0445. The van der Waals surface area contributed by atoms with E-state index in [2.05, 4.69) is 16.7 Å². The number of aryl methyl sites for hydroxylation is 1. The van der Waals surface area contributed by atoms with Crippen LogP contribution in [0, 0.1) is 38.0 Å². The van der Waals surface area contributed by atoms with Gasteiger partial charge in [0.1, 0.15) is 22.5 Å². The molecule has 0 saturated heterocycles. The Morgan fingerprint density at radius 1 is 1.26 bits per heavy atom. The maximum absolute atomic E-state index is 12.6. The lowest BCUT2D eigenvalue weighted by molar-refractivity contribution is -0.119. The van der Waals surface area contributed by atoms with Crippen molar-refractivity contribution in [2.75, 3.05) is 17.2 Å². The lowest BCUT2D eigenvalue weighted by atomic mass is 10.2. The number of carbonyl (C=O) groups is 3. The maximum atomic E-state index is 12.6. The van der Waals surface area contributed by atoms with Crippen LogP contribution in [0.2, 0.25) is 0 Å². The minimum atomic E-state index is -0.650. The SMILES string of the molecule is Cc1cc(NC(=O)C2CC2)sc1C(=O)OCC(=O)Nc1c(C#N)c(C)c(C)n1Cc1ccco1. The molecular formula is C24H24N4O5S. The van der Waals surface area contributed by atoms with E-state index in [0.29, 0.717) is 39.1 Å². The van der Waals surface area contributed by atoms with Crippen LogP contribution in [0.15, 0.2) is 28.9 Å². The number of thiophene rings is 1. The van der Waals surface area contributed by atoms with Crippen molar-refractivity contribution in [3.63, 3.8) is 0 Å². The van der Waals surface area contributed by atoms with E-state index in [1.54, 1.807) is 42.9 Å². The fourth-order valence-corrected chi connectivity index (χ4v) is 4.54. The number of nitrogens with one attached hydrogen (secondary N) is 2. The van der Waals surface area contributed by atoms with Crippen molar-refractivity contribution in [2.45, 2.75) is 40.2 Å². The summed E-state index contributed by atoms with van der Waals surface area (Å²) in [5, 5.41) is 15.7. The fourth-order valence-electron chi connectivity index (χ4n) is 3.57. The number of amides is 2. The van der Waals surface area contributed by atoms with Gasteiger partial charge >= 0.3 is 5.97 Å². The molecule has 176 valence electrons. The van der Waals surface area contributed by atoms with Crippen molar-refractivity contribution in [2.24, 2.45) is 5.92 Å². The van der Waals surface area contributed by atoms with Gasteiger partial charge < -0.3 is 24.4 Å². The number of anilines is 2. The molecule has 9 nitrogen and oxygen atoms in total. The van der Waals surface area contributed by atoms with Crippen molar-refractivity contribution in [3.05, 3.63) is 57.5 Å². The number of furan rings is 1. The summed E-state index contributed by atoms with van der Waals surface area (Å²) in [6.45, 7) is 5.22. The van der Waals surface area contributed by atoms with Gasteiger partial charge in [0, 0.05) is 11.6 Å². The van der Waals surface area contributed by atoms with Gasteiger partial charge in [-0.25, -0.2) is 4.79 Å². The van der Waals surface area contributed by atoms with Crippen molar-refractivity contribution < 1.29 is 23.5 Å². The Morgan fingerprint density at radius 3 is 2.68 bits per heavy atom. The summed E-state index contributed by atoms with van der Waals surface area (Å²) in [6, 6.07) is 7.42. The molecule has 2 N–H and O–H groups in total. The number of hydrogen-bond donors (Lipinski definition) is 2. The molecule has 0 unspecified atom stereocenters. The quantitative estimate of drug-likeness (QED) is 0.467. The first-order valence-corrected chi connectivity index (χ1v) is 11.6. The first kappa shape index (κ1) is 23.3. The van der Waals surface area contributed by atoms with E-state index in [1.165, 1.54) is 0 Å². The molecule has 1 fully saturated rings. The predicted molar refractivity (Wildman–Crippen MR) is 126 cm³/mol. The maximum Gasteiger partial charge on any atom is 0.349 e. The second kappa shape index (κ2) is 9.57. The molecule has 0 aliphatic heterocycles. The zero-order chi connectivity index (χ0) is 24.4. The summed E-state index contributed by atoms with van der Waals surface area (Å²) in [6.07, 6.45) is 3.33. The van der Waals surface area contributed by atoms with Crippen LogP contribution in [0.25, 0.3) is 0 Å². The van der Waals surface area contributed by atoms with Crippen LogP contribution in [-0.2, 0) is 20.9 Å². The summed E-state index contributed by atoms with van der Waals surface area (Å²) in [5.41, 5.74) is 2.56. The number of nitriles is 1. The Labute approximate surface area is 200 Å². The van der Waals surface area contributed by atoms with Crippen LogP contribution < -0.4 is 10.6 Å². The largest absolute Gasteiger partial charge is 0.467 e. The van der Waals surface area contributed by atoms with E-state index < -0.39 is 18.5 Å². The molecule has 4 rings (SSSR count). The smallest absolute Gasteiger partial charge is 0.349 e. The normalized spacial score (nSPS) is 12.8. The van der Waals surface area contributed by atoms with Gasteiger partial charge in [-0.1, -0.05) is 0 Å². The molecule has 0 radical (unpaired) electrons. The summed E-state index contributed by atoms with van der Waals surface area (Å²) in [4.78, 5) is 37.5. The Bertz CT molecular complexity index is 1290. The molecule has 2 amide bonds. The molecule has 3 heterocycles. The van der Waals surface area contributed by atoms with Crippen LogP contribution in [0.3, 0.4) is 0 Å². The highest BCUT2D eigenvalue weighted by molar-refractivity contribution is 7.18. The van der Waals surface area contributed by atoms with Crippen molar-refractivity contribution in [1.82, 2.24) is 4.57 Å². The number of esters is 1. The van der Waals surface area contributed by atoms with E-state index in [0.717, 1.165) is 35.4 Å². The summed E-state index contributed by atoms with van der Waals surface area (Å²) in [7, 11) is 0. The Kier molecular flexibility index (Phi) is 6.56. The molecule has 1 saturated carbocycles. The number of hydrogen-bond acceptors (Lipinski definition) is 7. The highest BCUT2D eigenvalue weighted by Crippen LogP contribution is 2.33. The third-order valence-corrected chi connectivity index (χ3v) is 6.86. The van der Waals surface area contributed by atoms with Crippen molar-refractivity contribution in [1.29, 1.82) is 5.26 Å². The first-order chi connectivity index (χ1) is 16.3. The standard InChI is InChI=1S/C24H24N4O5S/c1-13-9-20(27-23(30)16-6-7-16)34-21(13)24(31)33-12-19(29)26-22-18(10-25)14(2)15(3)28(22)11-17-5-4-8-32-17/h4-5,8-9,16H,6-7,11-12H2,1-3H3,(H,26,29)(H,27,30). The molecule has 3 aromatic rings. The van der Waals surface area contributed by atoms with Gasteiger partial charge in [-0.05, 0) is 62.9 Å². The third kappa shape index (κ3) is 4.89. The van der Waals surface area contributed by atoms with Crippen LogP contribution in [-0.4, -0.2) is 29.0 Å². The lowest BCUT2D eigenvalue weighted by Gasteiger charge is -2.12. The van der Waals surface area contributed by atoms with E-state index in [9.17, 15) is 19.6 Å². The topological polar surface area (TPSA) is 126 Å². The Morgan fingerprint density at radius 2 is 2.03 bits per heavy atom. The highest BCUT2D eigenvalue weighted by Gasteiger charge is 2.30. The van der Waals surface area contributed by atoms with Gasteiger partial charge in [-0.3, -0.25) is 9.59 Å². The number of aromatic nitrogens is 1. The van der Waals surface area contributed by atoms with E-state index in [-0.39, 0.29) is 11.8 Å². The van der Waals surface area contributed by atoms with E-state index in [4.69, 9.17) is 9.15 Å². The van der Waals surface area contributed by atoms with Gasteiger partial charge in [-0.15, -0.1) is 11.3 Å². The number of carbonyl (C=O) groups excluding carboxylic acids is 3. The summed E-state index contributed by atoms with van der Waals surface area (Å²) < 4.78 is 12.4. The zero-order valence-corrected chi connectivity index (χ0v) is 19.9. The van der Waals surface area contributed by atoms with Crippen LogP contribution >= 0.6 is 11.3 Å². The predicted octanol–water partition coefficient (Wildman–Crippen LogP) is 4.13. The fraction of sp³-hybridized carbons (Fsp3) is 0.333. The highest BCUT2D eigenvalue weighted by atomic mass is 32.1. The molecule has 0 aromatic carbocycles. The number of rotatable bonds is 8. The van der Waals surface area contributed by atoms with E-state index >= 15 is 0 Å². The summed E-state index contributed by atoms with van der Waals surface area (Å²) >= 11 is 1.12. The molecule has 1 aliphatic carbocycles. The van der Waals surface area contributed by atoms with Crippen LogP contribution in [0.4, 0.5) is 10.8 Å². The van der Waals surface area contributed by atoms with Crippen LogP contribution in [0.5, 0.6) is 0 Å². The lowest BCUT2D eigenvalue weighted by Crippen LogP contribution is -2.23. The van der Waals surface area contributed by atoms with Crippen molar-refractivity contribution in [3.8, 4) is 6.07 Å². The molecule has 1 aliphatic rings. The van der Waals surface area contributed by atoms with Gasteiger partial charge in [-0.2, -0.15) is 5.26 Å². The molecule has 10 heteroatoms. The Balaban J connectivity index is 1.42. The molecule has 0 atom stereocenters. The molecule has 0 spiro atoms. The second-order valence-corrected chi connectivity index (χ2v) is 9.27. The average molecular weight is 481 g/mol. The molecule has 34 heavy (non-hydrogen) atoms. The van der Waals surface area contributed by atoms with E-state index in [1.807, 2.05) is 6.92 Å². The van der Waals surface area contributed by atoms with Crippen molar-refractivity contribution >= 4 is 39.9 Å². The number of ether oxygens (including phenoxy) is 1. The second-order valence-electron chi connectivity index (χ2n) is 8.22. The van der Waals surface area contributed by atoms with Gasteiger partial charge in [0.05, 0.1) is 23.4 Å².